The van der Waals surface area contributed by atoms with Crippen LogP contribution in [-0.2, 0) is 18.4 Å². The van der Waals surface area contributed by atoms with Crippen molar-refractivity contribution >= 4 is 5.91 Å². The van der Waals surface area contributed by atoms with Crippen LogP contribution < -0.4 is 11.1 Å². The summed E-state index contributed by atoms with van der Waals surface area (Å²) in [5, 5.41) is 7.09. The summed E-state index contributed by atoms with van der Waals surface area (Å²) >= 11 is 0. The largest absolute Gasteiger partial charge is 0.350 e. The van der Waals surface area contributed by atoms with Crippen LogP contribution >= 0.6 is 0 Å². The van der Waals surface area contributed by atoms with E-state index in [1.807, 2.05) is 19.3 Å². The molecule has 0 radical (unpaired) electrons. The second kappa shape index (κ2) is 7.16. The van der Waals surface area contributed by atoms with Gasteiger partial charge in [0.25, 0.3) is 0 Å². The third-order valence-corrected chi connectivity index (χ3v) is 2.85. The summed E-state index contributed by atoms with van der Waals surface area (Å²) < 4.78 is 1.73. The number of hydrogen-bond donors (Lipinski definition) is 2. The van der Waals surface area contributed by atoms with Crippen molar-refractivity contribution in [3.05, 3.63) is 18.0 Å². The molecular weight excluding hydrogens is 228 g/mol. The lowest BCUT2D eigenvalue weighted by Gasteiger charge is -2.16. The van der Waals surface area contributed by atoms with Crippen molar-refractivity contribution in [3.8, 4) is 0 Å². The molecule has 1 amide bonds. The van der Waals surface area contributed by atoms with Gasteiger partial charge in [-0.1, -0.05) is 13.8 Å². The zero-order valence-electron chi connectivity index (χ0n) is 11.5. The van der Waals surface area contributed by atoms with E-state index >= 15 is 0 Å². The lowest BCUT2D eigenvalue weighted by Crippen LogP contribution is -2.28. The summed E-state index contributed by atoms with van der Waals surface area (Å²) in [5.74, 6) is 0.896. The number of nitrogens with two attached hydrogens (primary N) is 1. The third kappa shape index (κ3) is 5.31. The van der Waals surface area contributed by atoms with Gasteiger partial charge in [0.1, 0.15) is 0 Å². The Morgan fingerprint density at radius 3 is 2.78 bits per heavy atom. The minimum Gasteiger partial charge on any atom is -0.350 e. The molecule has 0 saturated carbocycles. The summed E-state index contributed by atoms with van der Waals surface area (Å²) in [6, 6.07) is 1.90. The van der Waals surface area contributed by atoms with Crippen LogP contribution in [0.2, 0.25) is 0 Å². The fourth-order valence-electron chi connectivity index (χ4n) is 2.01. The maximum Gasteiger partial charge on any atom is 0.220 e. The molecule has 3 N–H and O–H groups in total. The Morgan fingerprint density at radius 2 is 2.28 bits per heavy atom. The van der Waals surface area contributed by atoms with E-state index in [1.165, 1.54) is 0 Å². The summed E-state index contributed by atoms with van der Waals surface area (Å²) in [6.07, 6.45) is 3.36. The van der Waals surface area contributed by atoms with E-state index in [-0.39, 0.29) is 11.8 Å². The standard InChI is InChI=1S/C13H24N4O/c1-10(2)6-11(8-14)7-13(18)15-9-12-4-5-17(3)16-12/h4-5,10-11H,6-9,14H2,1-3H3,(H,15,18)/t11-/m0/s1. The molecular formula is C13H24N4O. The lowest BCUT2D eigenvalue weighted by atomic mass is 9.94. The van der Waals surface area contributed by atoms with E-state index in [1.54, 1.807) is 4.68 Å². The molecule has 0 aliphatic rings. The first kappa shape index (κ1) is 14.7. The molecule has 0 aromatic carbocycles. The number of carbonyl (C=O) groups excluding carboxylic acids is 1. The van der Waals surface area contributed by atoms with Crippen molar-refractivity contribution in [2.45, 2.75) is 33.2 Å². The predicted molar refractivity (Wildman–Crippen MR) is 71.7 cm³/mol. The van der Waals surface area contributed by atoms with Crippen LogP contribution in [0.5, 0.6) is 0 Å². The van der Waals surface area contributed by atoms with Gasteiger partial charge in [0.15, 0.2) is 0 Å². The topological polar surface area (TPSA) is 72.9 Å². The van der Waals surface area contributed by atoms with E-state index in [0.29, 0.717) is 25.4 Å². The first-order chi connectivity index (χ1) is 8.51. The zero-order chi connectivity index (χ0) is 13.5. The monoisotopic (exact) mass is 252 g/mol. The van der Waals surface area contributed by atoms with E-state index in [9.17, 15) is 4.79 Å². The molecule has 18 heavy (non-hydrogen) atoms. The quantitative estimate of drug-likeness (QED) is 0.761. The average molecular weight is 252 g/mol. The maximum absolute atomic E-state index is 11.8. The van der Waals surface area contributed by atoms with Crippen molar-refractivity contribution in [2.24, 2.45) is 24.6 Å². The van der Waals surface area contributed by atoms with Gasteiger partial charge in [-0.15, -0.1) is 0 Å². The van der Waals surface area contributed by atoms with Gasteiger partial charge in [-0.3, -0.25) is 9.48 Å². The predicted octanol–water partition coefficient (Wildman–Crippen LogP) is 1.05. The summed E-state index contributed by atoms with van der Waals surface area (Å²) in [5.41, 5.74) is 6.56. The molecule has 1 aromatic rings. The number of nitrogens with zero attached hydrogens (tertiary/aromatic N) is 2. The van der Waals surface area contributed by atoms with Crippen molar-refractivity contribution in [3.63, 3.8) is 0 Å². The highest BCUT2D eigenvalue weighted by Crippen LogP contribution is 2.14. The molecule has 1 atom stereocenters. The van der Waals surface area contributed by atoms with Gasteiger partial charge in [0.2, 0.25) is 5.91 Å². The van der Waals surface area contributed by atoms with Gasteiger partial charge in [-0.05, 0) is 30.9 Å². The minimum atomic E-state index is 0.0525. The van der Waals surface area contributed by atoms with Crippen LogP contribution in [0.3, 0.4) is 0 Å². The Morgan fingerprint density at radius 1 is 1.56 bits per heavy atom. The molecule has 0 spiro atoms. The Labute approximate surface area is 109 Å². The maximum atomic E-state index is 11.8. The number of aromatic nitrogens is 2. The molecule has 5 nitrogen and oxygen atoms in total. The second-order valence-corrected chi connectivity index (χ2v) is 5.19. The van der Waals surface area contributed by atoms with Gasteiger partial charge in [0.05, 0.1) is 12.2 Å². The first-order valence-corrected chi connectivity index (χ1v) is 6.46. The van der Waals surface area contributed by atoms with E-state index in [0.717, 1.165) is 12.1 Å². The number of hydrogen-bond acceptors (Lipinski definition) is 3. The molecule has 1 heterocycles. The molecule has 5 heteroatoms. The number of carbonyl (C=O) groups is 1. The highest BCUT2D eigenvalue weighted by molar-refractivity contribution is 5.76. The fraction of sp³-hybridized carbons (Fsp3) is 0.692. The van der Waals surface area contributed by atoms with Crippen molar-refractivity contribution < 1.29 is 4.79 Å². The molecule has 0 aliphatic carbocycles. The van der Waals surface area contributed by atoms with E-state index < -0.39 is 0 Å². The number of aryl methyl sites for hydroxylation is 1. The third-order valence-electron chi connectivity index (χ3n) is 2.85. The Bertz CT molecular complexity index is 373. The normalized spacial score (nSPS) is 12.7. The van der Waals surface area contributed by atoms with Crippen LogP contribution in [0.4, 0.5) is 0 Å². The summed E-state index contributed by atoms with van der Waals surface area (Å²) in [7, 11) is 1.86. The van der Waals surface area contributed by atoms with Gasteiger partial charge in [-0.25, -0.2) is 0 Å². The van der Waals surface area contributed by atoms with Crippen molar-refractivity contribution in [1.82, 2.24) is 15.1 Å². The number of amides is 1. The van der Waals surface area contributed by atoms with Crippen LogP contribution in [0.1, 0.15) is 32.4 Å². The first-order valence-electron chi connectivity index (χ1n) is 6.46. The molecule has 0 saturated heterocycles. The average Bonchev–Trinajstić information content (AvgIpc) is 2.71. The fourth-order valence-corrected chi connectivity index (χ4v) is 2.01. The second-order valence-electron chi connectivity index (χ2n) is 5.19. The molecule has 0 aliphatic heterocycles. The molecule has 102 valence electrons. The zero-order valence-corrected chi connectivity index (χ0v) is 11.5. The Balaban J connectivity index is 2.32. The van der Waals surface area contributed by atoms with Crippen molar-refractivity contribution in [1.29, 1.82) is 0 Å². The van der Waals surface area contributed by atoms with Crippen LogP contribution in [0.25, 0.3) is 0 Å². The minimum absolute atomic E-state index is 0.0525. The van der Waals surface area contributed by atoms with Gasteiger partial charge < -0.3 is 11.1 Å². The molecule has 0 unspecified atom stereocenters. The van der Waals surface area contributed by atoms with Crippen molar-refractivity contribution in [2.75, 3.05) is 6.54 Å². The molecule has 0 fully saturated rings. The van der Waals surface area contributed by atoms with E-state index in [4.69, 9.17) is 5.73 Å². The van der Waals surface area contributed by atoms with Gasteiger partial charge in [-0.2, -0.15) is 5.10 Å². The Hall–Kier alpha value is -1.36. The van der Waals surface area contributed by atoms with Crippen LogP contribution in [-0.4, -0.2) is 22.2 Å². The molecule has 1 aromatic heterocycles. The number of nitrogens with one attached hydrogen (secondary N) is 1. The smallest absolute Gasteiger partial charge is 0.220 e. The van der Waals surface area contributed by atoms with Crippen LogP contribution in [0, 0.1) is 11.8 Å². The SMILES string of the molecule is CC(C)C[C@H](CN)CC(=O)NCc1ccn(C)n1. The van der Waals surface area contributed by atoms with E-state index in [2.05, 4.69) is 24.3 Å². The molecule has 1 rings (SSSR count). The Kier molecular flexibility index (Phi) is 5.85. The highest BCUT2D eigenvalue weighted by Gasteiger charge is 2.14. The van der Waals surface area contributed by atoms with Gasteiger partial charge in [0, 0.05) is 19.7 Å². The number of rotatable bonds is 7. The summed E-state index contributed by atoms with van der Waals surface area (Å²) in [6.45, 7) is 5.34. The molecule has 0 bridgehead atoms. The van der Waals surface area contributed by atoms with Gasteiger partial charge >= 0.3 is 0 Å². The summed E-state index contributed by atoms with van der Waals surface area (Å²) in [4.78, 5) is 11.8. The lowest BCUT2D eigenvalue weighted by molar-refractivity contribution is -0.122. The highest BCUT2D eigenvalue weighted by atomic mass is 16.1. The van der Waals surface area contributed by atoms with Crippen LogP contribution in [0.15, 0.2) is 12.3 Å².